The Morgan fingerprint density at radius 2 is 1.47 bits per heavy atom. The molecular weight excluding hydrogens is 526 g/mol. The number of nitrogens with zero attached hydrogens (tertiary/aromatic N) is 2. The molecule has 14 heteroatoms. The molecule has 0 unspecified atom stereocenters. The fraction of sp³-hybridized carbons (Fsp3) is 0.667. The van der Waals surface area contributed by atoms with Gasteiger partial charge in [0.15, 0.2) is 0 Å². The summed E-state index contributed by atoms with van der Waals surface area (Å²) < 4.78 is 74.6. The number of alkyl halides is 6. The molecule has 2 saturated heterocycles. The van der Waals surface area contributed by atoms with Crippen LogP contribution >= 0.6 is 0 Å². The maximum absolute atomic E-state index is 10.6. The third-order valence-electron chi connectivity index (χ3n) is 6.16. The number of carbonyl (C=O) groups is 2. The first-order valence-electron chi connectivity index (χ1n) is 11.9. The summed E-state index contributed by atoms with van der Waals surface area (Å²) in [4.78, 5) is 23.0. The number of hydrogen-bond donors (Lipinski definition) is 2. The molecule has 0 amide bonds. The van der Waals surface area contributed by atoms with Crippen LogP contribution in [0.4, 0.5) is 26.3 Å². The van der Waals surface area contributed by atoms with Gasteiger partial charge in [0.25, 0.3) is 0 Å². The zero-order valence-corrected chi connectivity index (χ0v) is 21.2. The van der Waals surface area contributed by atoms with Crippen molar-refractivity contribution < 1.29 is 55.6 Å². The lowest BCUT2D eigenvalue weighted by atomic mass is 9.96. The van der Waals surface area contributed by atoms with E-state index in [4.69, 9.17) is 29.3 Å². The highest BCUT2D eigenvalue weighted by Crippen LogP contribution is 2.23. The number of halogens is 6. The van der Waals surface area contributed by atoms with Crippen LogP contribution in [0.5, 0.6) is 5.75 Å². The van der Waals surface area contributed by atoms with Crippen LogP contribution in [0, 0.1) is 5.92 Å². The van der Waals surface area contributed by atoms with Crippen LogP contribution < -0.4 is 4.74 Å². The molecule has 38 heavy (non-hydrogen) atoms. The van der Waals surface area contributed by atoms with Crippen LogP contribution in [-0.4, -0.2) is 96.8 Å². The number of hydrogen-bond acceptors (Lipinski definition) is 6. The van der Waals surface area contributed by atoms with Gasteiger partial charge in [-0.1, -0.05) is 12.1 Å². The second-order valence-corrected chi connectivity index (χ2v) is 8.84. The fourth-order valence-electron chi connectivity index (χ4n) is 3.93. The van der Waals surface area contributed by atoms with Crippen molar-refractivity contribution in [2.24, 2.45) is 5.92 Å². The summed E-state index contributed by atoms with van der Waals surface area (Å²) in [6, 6.07) is 9.03. The Labute approximate surface area is 217 Å². The molecule has 2 N–H and O–H groups in total. The normalized spacial score (nSPS) is 20.8. The van der Waals surface area contributed by atoms with Gasteiger partial charge in [0.05, 0.1) is 20.3 Å². The number of ether oxygens (including phenoxy) is 2. The molecule has 3 rings (SSSR count). The first-order chi connectivity index (χ1) is 17.6. The summed E-state index contributed by atoms with van der Waals surface area (Å²) in [7, 11) is 1.72. The molecule has 8 nitrogen and oxygen atoms in total. The van der Waals surface area contributed by atoms with E-state index in [0.717, 1.165) is 32.1 Å². The summed E-state index contributed by atoms with van der Waals surface area (Å²) in [5, 5.41) is 14.2. The first-order valence-corrected chi connectivity index (χ1v) is 11.9. The third kappa shape index (κ3) is 12.8. The number of rotatable bonds is 6. The molecule has 0 aliphatic carbocycles. The zero-order valence-electron chi connectivity index (χ0n) is 21.2. The van der Waals surface area contributed by atoms with E-state index in [1.807, 2.05) is 0 Å². The number of methoxy groups -OCH3 is 1. The van der Waals surface area contributed by atoms with Crippen molar-refractivity contribution in [3.05, 3.63) is 29.8 Å². The molecule has 218 valence electrons. The molecule has 2 fully saturated rings. The van der Waals surface area contributed by atoms with Crippen molar-refractivity contribution in [1.29, 1.82) is 0 Å². The van der Waals surface area contributed by atoms with Gasteiger partial charge < -0.3 is 24.6 Å². The predicted molar refractivity (Wildman–Crippen MR) is 125 cm³/mol. The average Bonchev–Trinajstić information content (AvgIpc) is 3.30. The van der Waals surface area contributed by atoms with Crippen molar-refractivity contribution in [3.8, 4) is 5.75 Å². The van der Waals surface area contributed by atoms with Gasteiger partial charge in [0.2, 0.25) is 0 Å². The lowest BCUT2D eigenvalue weighted by Gasteiger charge is -2.32. The van der Waals surface area contributed by atoms with Gasteiger partial charge in [-0.3, -0.25) is 4.90 Å². The van der Waals surface area contributed by atoms with Gasteiger partial charge in [0.1, 0.15) is 5.75 Å². The second-order valence-electron chi connectivity index (χ2n) is 8.84. The number of likely N-dealkylation sites (tertiary alicyclic amines) is 1. The Bertz CT molecular complexity index is 820. The largest absolute Gasteiger partial charge is 0.497 e. The van der Waals surface area contributed by atoms with E-state index in [-0.39, 0.29) is 0 Å². The highest BCUT2D eigenvalue weighted by atomic mass is 19.4. The minimum atomic E-state index is -5.08. The van der Waals surface area contributed by atoms with Crippen LogP contribution in [0.25, 0.3) is 0 Å². The Hall–Kier alpha value is -2.58. The lowest BCUT2D eigenvalue weighted by molar-refractivity contribution is -0.193. The van der Waals surface area contributed by atoms with Gasteiger partial charge in [0, 0.05) is 19.1 Å². The molecule has 0 radical (unpaired) electrons. The average molecular weight is 561 g/mol. The quantitative estimate of drug-likeness (QED) is 0.498. The predicted octanol–water partition coefficient (Wildman–Crippen LogP) is 4.28. The molecule has 0 bridgehead atoms. The Morgan fingerprint density at radius 3 is 1.92 bits per heavy atom. The molecule has 1 aromatic carbocycles. The summed E-state index contributed by atoms with van der Waals surface area (Å²) in [5.41, 5.74) is 1.35. The van der Waals surface area contributed by atoms with Gasteiger partial charge in [-0.05, 0) is 69.4 Å². The molecule has 0 saturated carbocycles. The Balaban J connectivity index is 0.000000426. The SMILES string of the molecule is COc1ccc(CN2CCOC[C@@H](CCN3CCCC3)[C@@H]2C)cc1.O=C(O)C(F)(F)F.O=C(O)C(F)(F)F. The van der Waals surface area contributed by atoms with Crippen molar-refractivity contribution in [1.82, 2.24) is 9.80 Å². The minimum absolute atomic E-state index is 0.567. The standard InChI is InChI=1S/C20H32N2O2.2C2HF3O2/c1-17-19(9-12-21-10-3-4-11-21)16-24-14-13-22(17)15-18-5-7-20(23-2)8-6-18;2*3-2(4,5)1(6)7/h5-8,17,19H,3-4,9-16H2,1-2H3;2*(H,6,7)/t17-,19+;;/m0../s1. The second kappa shape index (κ2) is 15.7. The molecule has 2 atom stereocenters. The van der Waals surface area contributed by atoms with E-state index >= 15 is 0 Å². The smallest absolute Gasteiger partial charge is 0.490 e. The highest BCUT2D eigenvalue weighted by molar-refractivity contribution is 5.73. The summed E-state index contributed by atoms with van der Waals surface area (Å²) in [6.07, 6.45) is -6.17. The van der Waals surface area contributed by atoms with Gasteiger partial charge in [-0.15, -0.1) is 0 Å². The number of carboxylic acid groups (broad SMARTS) is 2. The molecule has 0 aromatic heterocycles. The van der Waals surface area contributed by atoms with E-state index in [1.165, 1.54) is 44.5 Å². The maximum Gasteiger partial charge on any atom is 0.490 e. The van der Waals surface area contributed by atoms with E-state index in [2.05, 4.69) is 41.0 Å². The van der Waals surface area contributed by atoms with Crippen molar-refractivity contribution >= 4 is 11.9 Å². The highest BCUT2D eigenvalue weighted by Gasteiger charge is 2.38. The number of aliphatic carboxylic acids is 2. The molecule has 1 aromatic rings. The number of benzene rings is 1. The monoisotopic (exact) mass is 560 g/mol. The van der Waals surface area contributed by atoms with E-state index < -0.39 is 24.3 Å². The van der Waals surface area contributed by atoms with Gasteiger partial charge in [-0.2, -0.15) is 26.3 Å². The topological polar surface area (TPSA) is 99.5 Å². The van der Waals surface area contributed by atoms with Gasteiger partial charge in [-0.25, -0.2) is 9.59 Å². The molecular formula is C24H34F6N2O6. The van der Waals surface area contributed by atoms with Crippen molar-refractivity contribution in [2.45, 2.75) is 51.1 Å². The Morgan fingerprint density at radius 1 is 0.974 bits per heavy atom. The third-order valence-corrected chi connectivity index (χ3v) is 6.16. The minimum Gasteiger partial charge on any atom is -0.497 e. The lowest BCUT2D eigenvalue weighted by Crippen LogP contribution is -2.39. The maximum atomic E-state index is 10.6. The molecule has 2 aliphatic rings. The van der Waals surface area contributed by atoms with Crippen molar-refractivity contribution in [2.75, 3.05) is 46.5 Å². The van der Waals surface area contributed by atoms with Crippen LogP contribution in [0.3, 0.4) is 0 Å². The van der Waals surface area contributed by atoms with E-state index in [1.54, 1.807) is 7.11 Å². The van der Waals surface area contributed by atoms with Crippen molar-refractivity contribution in [3.63, 3.8) is 0 Å². The summed E-state index contributed by atoms with van der Waals surface area (Å²) in [6.45, 7) is 9.97. The molecule has 2 aliphatic heterocycles. The Kier molecular flexibility index (Phi) is 13.9. The van der Waals surface area contributed by atoms with Gasteiger partial charge >= 0.3 is 24.3 Å². The summed E-state index contributed by atoms with van der Waals surface area (Å²) in [5.74, 6) is -3.96. The zero-order chi connectivity index (χ0) is 28.9. The van der Waals surface area contributed by atoms with Crippen LogP contribution in [0.2, 0.25) is 0 Å². The van der Waals surface area contributed by atoms with E-state index in [0.29, 0.717) is 12.0 Å². The van der Waals surface area contributed by atoms with E-state index in [9.17, 15) is 26.3 Å². The molecule has 0 spiro atoms. The van der Waals surface area contributed by atoms with Crippen LogP contribution in [0.1, 0.15) is 31.7 Å². The van der Waals surface area contributed by atoms with Crippen LogP contribution in [0.15, 0.2) is 24.3 Å². The molecule has 2 heterocycles. The summed E-state index contributed by atoms with van der Waals surface area (Å²) >= 11 is 0. The number of carboxylic acids is 2. The van der Waals surface area contributed by atoms with Crippen LogP contribution in [-0.2, 0) is 20.9 Å². The first kappa shape index (κ1) is 33.4. The fourth-order valence-corrected chi connectivity index (χ4v) is 3.93.